The molecule has 0 fully saturated rings. The molecule has 1 aliphatic heterocycles. The third-order valence-electron chi connectivity index (χ3n) is 3.64. The highest BCUT2D eigenvalue weighted by atomic mass is 15.1. The number of nitrogen functional groups attached to an aromatic ring is 1. The second-order valence-corrected chi connectivity index (χ2v) is 4.82. The summed E-state index contributed by atoms with van der Waals surface area (Å²) in [5.74, 6) is 0. The van der Waals surface area contributed by atoms with Gasteiger partial charge >= 0.3 is 0 Å². The quantitative estimate of drug-likeness (QED) is 0.791. The first-order valence-electron chi connectivity index (χ1n) is 6.39. The molecular formula is C16H15N3. The van der Waals surface area contributed by atoms with Gasteiger partial charge in [-0.15, -0.1) is 0 Å². The highest BCUT2D eigenvalue weighted by Crippen LogP contribution is 2.27. The predicted molar refractivity (Wildman–Crippen MR) is 76.8 cm³/mol. The van der Waals surface area contributed by atoms with Crippen LogP contribution in [0, 0.1) is 11.3 Å². The minimum atomic E-state index is 0.705. The van der Waals surface area contributed by atoms with Crippen LogP contribution in [0.1, 0.15) is 16.7 Å². The van der Waals surface area contributed by atoms with E-state index in [-0.39, 0.29) is 0 Å². The van der Waals surface area contributed by atoms with Crippen LogP contribution < -0.4 is 10.6 Å². The van der Waals surface area contributed by atoms with E-state index in [1.807, 2.05) is 30.3 Å². The second-order valence-electron chi connectivity index (χ2n) is 4.82. The van der Waals surface area contributed by atoms with Crippen LogP contribution in [-0.2, 0) is 13.0 Å². The maximum Gasteiger partial charge on any atom is 0.0992 e. The number of benzene rings is 2. The Morgan fingerprint density at radius 1 is 1.16 bits per heavy atom. The van der Waals surface area contributed by atoms with Crippen LogP contribution in [0.5, 0.6) is 0 Å². The Labute approximate surface area is 112 Å². The van der Waals surface area contributed by atoms with Crippen LogP contribution in [0.4, 0.5) is 11.4 Å². The van der Waals surface area contributed by atoms with E-state index < -0.39 is 0 Å². The molecule has 0 saturated heterocycles. The Kier molecular flexibility index (Phi) is 2.85. The van der Waals surface area contributed by atoms with E-state index in [0.717, 1.165) is 30.9 Å². The van der Waals surface area contributed by atoms with Crippen LogP contribution in [0.25, 0.3) is 0 Å². The topological polar surface area (TPSA) is 53.0 Å². The minimum Gasteiger partial charge on any atom is -0.398 e. The van der Waals surface area contributed by atoms with Crippen molar-refractivity contribution in [2.24, 2.45) is 0 Å². The number of anilines is 2. The normalized spacial score (nSPS) is 13.7. The van der Waals surface area contributed by atoms with Crippen molar-refractivity contribution < 1.29 is 0 Å². The van der Waals surface area contributed by atoms with Crippen molar-refractivity contribution in [3.05, 3.63) is 59.2 Å². The van der Waals surface area contributed by atoms with Gasteiger partial charge in [0.05, 0.1) is 11.6 Å². The van der Waals surface area contributed by atoms with E-state index in [2.05, 4.69) is 23.1 Å². The molecule has 0 saturated carbocycles. The highest BCUT2D eigenvalue weighted by Gasteiger charge is 2.18. The van der Waals surface area contributed by atoms with Crippen molar-refractivity contribution in [3.8, 4) is 6.07 Å². The summed E-state index contributed by atoms with van der Waals surface area (Å²) in [6, 6.07) is 16.0. The maximum absolute atomic E-state index is 8.97. The molecule has 3 rings (SSSR count). The van der Waals surface area contributed by atoms with Crippen LogP contribution in [0.2, 0.25) is 0 Å². The van der Waals surface area contributed by atoms with Gasteiger partial charge in [-0.1, -0.05) is 18.2 Å². The number of hydrogen-bond acceptors (Lipinski definition) is 3. The van der Waals surface area contributed by atoms with Gasteiger partial charge in [-0.05, 0) is 41.8 Å². The monoisotopic (exact) mass is 249 g/mol. The summed E-state index contributed by atoms with van der Waals surface area (Å²) in [7, 11) is 0. The fourth-order valence-corrected chi connectivity index (χ4v) is 2.63. The first-order valence-corrected chi connectivity index (χ1v) is 6.39. The molecular weight excluding hydrogens is 234 g/mol. The number of nitrogens with two attached hydrogens (primary N) is 1. The molecule has 0 aromatic heterocycles. The van der Waals surface area contributed by atoms with Crippen molar-refractivity contribution in [1.29, 1.82) is 5.26 Å². The largest absolute Gasteiger partial charge is 0.398 e. The Balaban J connectivity index is 1.92. The van der Waals surface area contributed by atoms with Gasteiger partial charge in [0.1, 0.15) is 0 Å². The summed E-state index contributed by atoms with van der Waals surface area (Å²) < 4.78 is 0. The maximum atomic E-state index is 8.97. The summed E-state index contributed by atoms with van der Waals surface area (Å²) >= 11 is 0. The van der Waals surface area contributed by atoms with Gasteiger partial charge < -0.3 is 10.6 Å². The Hall–Kier alpha value is -2.47. The van der Waals surface area contributed by atoms with Crippen molar-refractivity contribution in [1.82, 2.24) is 0 Å². The smallest absolute Gasteiger partial charge is 0.0992 e. The molecule has 0 amide bonds. The van der Waals surface area contributed by atoms with Crippen molar-refractivity contribution in [2.45, 2.75) is 13.0 Å². The zero-order valence-corrected chi connectivity index (χ0v) is 10.6. The predicted octanol–water partition coefficient (Wildman–Crippen LogP) is 2.70. The van der Waals surface area contributed by atoms with Crippen molar-refractivity contribution in [3.63, 3.8) is 0 Å². The Morgan fingerprint density at radius 3 is 2.84 bits per heavy atom. The van der Waals surface area contributed by atoms with E-state index >= 15 is 0 Å². The summed E-state index contributed by atoms with van der Waals surface area (Å²) in [6.07, 6.45) is 0.957. The van der Waals surface area contributed by atoms with Crippen LogP contribution in [0.3, 0.4) is 0 Å². The average molecular weight is 249 g/mol. The fourth-order valence-electron chi connectivity index (χ4n) is 2.63. The van der Waals surface area contributed by atoms with E-state index in [0.29, 0.717) is 5.56 Å². The molecule has 1 aliphatic rings. The Morgan fingerprint density at radius 2 is 2.00 bits per heavy atom. The molecule has 2 N–H and O–H groups in total. The molecule has 3 nitrogen and oxygen atoms in total. The van der Waals surface area contributed by atoms with Crippen LogP contribution in [0.15, 0.2) is 42.5 Å². The molecule has 0 bridgehead atoms. The summed E-state index contributed by atoms with van der Waals surface area (Å²) in [6.45, 7) is 1.80. The molecule has 1 heterocycles. The van der Waals surface area contributed by atoms with E-state index in [1.165, 1.54) is 11.1 Å². The number of rotatable bonds is 1. The van der Waals surface area contributed by atoms with Gasteiger partial charge in [0, 0.05) is 24.5 Å². The average Bonchev–Trinajstić information content (AvgIpc) is 2.47. The lowest BCUT2D eigenvalue weighted by molar-refractivity contribution is 0.733. The molecule has 0 aliphatic carbocycles. The highest BCUT2D eigenvalue weighted by molar-refractivity contribution is 5.57. The molecule has 2 aromatic carbocycles. The van der Waals surface area contributed by atoms with E-state index in [4.69, 9.17) is 11.0 Å². The number of nitrogens with zero attached hydrogens (tertiary/aromatic N) is 2. The number of hydrogen-bond donors (Lipinski definition) is 1. The van der Waals surface area contributed by atoms with Gasteiger partial charge in [0.15, 0.2) is 0 Å². The Bertz CT molecular complexity index is 655. The third-order valence-corrected chi connectivity index (χ3v) is 3.64. The molecule has 19 heavy (non-hydrogen) atoms. The third kappa shape index (κ3) is 2.13. The van der Waals surface area contributed by atoms with E-state index in [1.54, 1.807) is 0 Å². The minimum absolute atomic E-state index is 0.705. The number of fused-ring (bicyclic) bond motifs is 1. The molecule has 0 radical (unpaired) electrons. The fraction of sp³-hybridized carbons (Fsp3) is 0.188. The van der Waals surface area contributed by atoms with Gasteiger partial charge in [0.25, 0.3) is 0 Å². The van der Waals surface area contributed by atoms with E-state index in [9.17, 15) is 0 Å². The number of nitriles is 1. The zero-order valence-electron chi connectivity index (χ0n) is 10.6. The zero-order chi connectivity index (χ0) is 13.2. The molecule has 0 unspecified atom stereocenters. The lowest BCUT2D eigenvalue weighted by Crippen LogP contribution is -2.30. The van der Waals surface area contributed by atoms with Crippen molar-refractivity contribution >= 4 is 11.4 Å². The lowest BCUT2D eigenvalue weighted by atomic mass is 9.97. The summed E-state index contributed by atoms with van der Waals surface area (Å²) in [4.78, 5) is 2.29. The summed E-state index contributed by atoms with van der Waals surface area (Å²) in [5, 5.41) is 8.97. The standard InChI is InChI=1S/C16H15N3/c17-10-12-3-1-5-14(9-12)19-8-7-15-13(11-19)4-2-6-16(15)18/h1-6,9H,7-8,11,18H2. The first kappa shape index (κ1) is 11.6. The lowest BCUT2D eigenvalue weighted by Gasteiger charge is -2.31. The molecule has 94 valence electrons. The molecule has 0 spiro atoms. The van der Waals surface area contributed by atoms with Gasteiger partial charge in [-0.25, -0.2) is 0 Å². The summed E-state index contributed by atoms with van der Waals surface area (Å²) in [5.41, 5.74) is 11.3. The van der Waals surface area contributed by atoms with Gasteiger partial charge in [-0.2, -0.15) is 5.26 Å². The molecule has 2 aromatic rings. The first-order chi connectivity index (χ1) is 9.28. The van der Waals surface area contributed by atoms with Gasteiger partial charge in [-0.3, -0.25) is 0 Å². The van der Waals surface area contributed by atoms with Gasteiger partial charge in [0.2, 0.25) is 0 Å². The molecule has 3 heteroatoms. The molecule has 0 atom stereocenters. The van der Waals surface area contributed by atoms with Crippen LogP contribution >= 0.6 is 0 Å². The second kappa shape index (κ2) is 4.66. The SMILES string of the molecule is N#Cc1cccc(N2CCc3c(N)cccc3C2)c1. The van der Waals surface area contributed by atoms with Crippen LogP contribution in [-0.4, -0.2) is 6.54 Å². The van der Waals surface area contributed by atoms with Crippen molar-refractivity contribution in [2.75, 3.05) is 17.2 Å².